The number of phenolic OH excluding ortho intramolecular Hbond substituents is 1. The minimum atomic E-state index is 0.177. The summed E-state index contributed by atoms with van der Waals surface area (Å²) in [7, 11) is 0. The van der Waals surface area contributed by atoms with Crippen molar-refractivity contribution in [2.24, 2.45) is 0 Å². The quantitative estimate of drug-likeness (QED) is 0.686. The van der Waals surface area contributed by atoms with Crippen molar-refractivity contribution in [2.75, 3.05) is 44.3 Å². The lowest BCUT2D eigenvalue weighted by Crippen LogP contribution is -2.49. The number of nitrogens with zero attached hydrogens (tertiary/aromatic N) is 4. The molecule has 0 unspecified atom stereocenters. The zero-order valence-corrected chi connectivity index (χ0v) is 17.6. The topological polar surface area (TPSA) is 61.7 Å². The third kappa shape index (κ3) is 3.83. The fourth-order valence-electron chi connectivity index (χ4n) is 4.50. The lowest BCUT2D eigenvalue weighted by Gasteiger charge is -2.40. The number of fused-ring (bicyclic) bond motifs is 1. The molecule has 0 saturated carbocycles. The van der Waals surface area contributed by atoms with Crippen LogP contribution in [0.3, 0.4) is 0 Å². The first kappa shape index (κ1) is 19.5. The van der Waals surface area contributed by atoms with Crippen LogP contribution in [0.5, 0.6) is 5.75 Å². The fraction of sp³-hybridized carbons (Fsp3) is 0.391. The van der Waals surface area contributed by atoms with Crippen LogP contribution in [0.25, 0.3) is 22.3 Å². The van der Waals surface area contributed by atoms with E-state index < -0.39 is 0 Å². The van der Waals surface area contributed by atoms with Gasteiger partial charge in [0.1, 0.15) is 11.6 Å². The highest BCUT2D eigenvalue weighted by molar-refractivity contribution is 6.31. The molecule has 0 radical (unpaired) electrons. The number of ether oxygens (including phenoxy) is 1. The predicted octanol–water partition coefficient (Wildman–Crippen LogP) is 3.96. The van der Waals surface area contributed by atoms with Crippen LogP contribution in [0.15, 0.2) is 42.5 Å². The van der Waals surface area contributed by atoms with E-state index in [0.29, 0.717) is 22.5 Å². The van der Waals surface area contributed by atoms with Crippen molar-refractivity contribution < 1.29 is 9.84 Å². The van der Waals surface area contributed by atoms with Crippen molar-refractivity contribution in [2.45, 2.75) is 18.9 Å². The Balaban J connectivity index is 1.48. The average Bonchev–Trinajstić information content (AvgIpc) is 2.79. The molecule has 7 heteroatoms. The van der Waals surface area contributed by atoms with Crippen molar-refractivity contribution in [3.63, 3.8) is 0 Å². The van der Waals surface area contributed by atoms with Crippen molar-refractivity contribution in [1.82, 2.24) is 14.9 Å². The molecule has 0 aliphatic carbocycles. The van der Waals surface area contributed by atoms with E-state index in [2.05, 4.69) is 9.80 Å². The molecule has 3 heterocycles. The number of para-hydroxylation sites is 1. The summed E-state index contributed by atoms with van der Waals surface area (Å²) in [5.41, 5.74) is 1.42. The highest BCUT2D eigenvalue weighted by atomic mass is 35.5. The van der Waals surface area contributed by atoms with E-state index in [0.717, 1.165) is 69.0 Å². The van der Waals surface area contributed by atoms with Gasteiger partial charge in [0.2, 0.25) is 0 Å². The molecule has 3 aromatic rings. The Morgan fingerprint density at radius 1 is 0.967 bits per heavy atom. The molecule has 2 aliphatic rings. The molecule has 2 aliphatic heterocycles. The lowest BCUT2D eigenvalue weighted by atomic mass is 10.0. The van der Waals surface area contributed by atoms with Gasteiger partial charge in [-0.3, -0.25) is 4.90 Å². The van der Waals surface area contributed by atoms with Crippen molar-refractivity contribution in [3.05, 3.63) is 47.5 Å². The number of rotatable bonds is 3. The van der Waals surface area contributed by atoms with E-state index in [1.807, 2.05) is 30.3 Å². The molecule has 0 bridgehead atoms. The molecule has 5 rings (SSSR count). The third-order valence-electron chi connectivity index (χ3n) is 6.11. The molecule has 0 atom stereocenters. The van der Waals surface area contributed by atoms with Gasteiger partial charge >= 0.3 is 0 Å². The van der Waals surface area contributed by atoms with E-state index >= 15 is 0 Å². The summed E-state index contributed by atoms with van der Waals surface area (Å²) in [4.78, 5) is 14.5. The minimum Gasteiger partial charge on any atom is -0.507 e. The Hall–Kier alpha value is -2.41. The molecule has 2 saturated heterocycles. The van der Waals surface area contributed by atoms with E-state index in [-0.39, 0.29) is 5.75 Å². The first-order chi connectivity index (χ1) is 14.7. The monoisotopic (exact) mass is 424 g/mol. The van der Waals surface area contributed by atoms with Crippen LogP contribution in [0, 0.1) is 0 Å². The van der Waals surface area contributed by atoms with Crippen LogP contribution in [0.4, 0.5) is 5.82 Å². The highest BCUT2D eigenvalue weighted by Crippen LogP contribution is 2.34. The van der Waals surface area contributed by atoms with Crippen LogP contribution < -0.4 is 4.90 Å². The summed E-state index contributed by atoms with van der Waals surface area (Å²) in [6, 6.07) is 13.5. The Morgan fingerprint density at radius 3 is 2.50 bits per heavy atom. The third-order valence-corrected chi connectivity index (χ3v) is 6.34. The Bertz CT molecular complexity index is 1050. The molecule has 6 nitrogen and oxygen atoms in total. The number of anilines is 1. The second-order valence-corrected chi connectivity index (χ2v) is 8.35. The van der Waals surface area contributed by atoms with Crippen LogP contribution in [-0.4, -0.2) is 65.4 Å². The second-order valence-electron chi connectivity index (χ2n) is 7.92. The van der Waals surface area contributed by atoms with Gasteiger partial charge in [0.05, 0.1) is 24.3 Å². The summed E-state index contributed by atoms with van der Waals surface area (Å²) >= 11 is 6.25. The van der Waals surface area contributed by atoms with E-state index in [9.17, 15) is 5.11 Å². The molecule has 2 fully saturated rings. The van der Waals surface area contributed by atoms with Crippen LogP contribution in [0.1, 0.15) is 12.8 Å². The molecule has 1 aromatic heterocycles. The van der Waals surface area contributed by atoms with Crippen molar-refractivity contribution in [3.8, 4) is 17.1 Å². The van der Waals surface area contributed by atoms with Gasteiger partial charge in [0, 0.05) is 42.6 Å². The largest absolute Gasteiger partial charge is 0.507 e. The van der Waals surface area contributed by atoms with Crippen molar-refractivity contribution >= 4 is 28.3 Å². The maximum absolute atomic E-state index is 10.3. The summed E-state index contributed by atoms with van der Waals surface area (Å²) in [6.07, 6.45) is 2.20. The first-order valence-corrected chi connectivity index (χ1v) is 10.9. The molecule has 30 heavy (non-hydrogen) atoms. The van der Waals surface area contributed by atoms with Gasteiger partial charge in [-0.1, -0.05) is 23.7 Å². The smallest absolute Gasteiger partial charge is 0.165 e. The van der Waals surface area contributed by atoms with Crippen LogP contribution in [0.2, 0.25) is 5.02 Å². The normalized spacial score (nSPS) is 18.8. The Morgan fingerprint density at radius 2 is 1.73 bits per heavy atom. The Kier molecular flexibility index (Phi) is 5.46. The number of hydrogen-bond acceptors (Lipinski definition) is 6. The molecular weight excluding hydrogens is 400 g/mol. The number of aromatic hydroxyl groups is 1. The number of benzene rings is 2. The zero-order chi connectivity index (χ0) is 20.5. The van der Waals surface area contributed by atoms with Gasteiger partial charge in [0.15, 0.2) is 5.82 Å². The van der Waals surface area contributed by atoms with Crippen LogP contribution >= 0.6 is 11.6 Å². The number of halogens is 1. The zero-order valence-electron chi connectivity index (χ0n) is 16.8. The van der Waals surface area contributed by atoms with Gasteiger partial charge in [-0.05, 0) is 43.2 Å². The Labute approximate surface area is 181 Å². The number of hydrogen-bond donors (Lipinski definition) is 1. The maximum Gasteiger partial charge on any atom is 0.165 e. The van der Waals surface area contributed by atoms with E-state index in [4.69, 9.17) is 26.3 Å². The SMILES string of the molecule is Oc1ccccc1-c1nc(N2CCC(N3CCOCC3)CC2)c2ccc(Cl)cc2n1. The number of piperidine rings is 1. The van der Waals surface area contributed by atoms with Gasteiger partial charge < -0.3 is 14.7 Å². The predicted molar refractivity (Wildman–Crippen MR) is 119 cm³/mol. The number of morpholine rings is 1. The molecule has 2 aromatic carbocycles. The standard InChI is InChI=1S/C23H25ClN4O2/c24-16-5-6-18-20(15-16)25-22(19-3-1-2-4-21(19)29)26-23(18)28-9-7-17(8-10-28)27-11-13-30-14-12-27/h1-6,15,17,29H,7-14H2. The second kappa shape index (κ2) is 8.38. The lowest BCUT2D eigenvalue weighted by molar-refractivity contribution is 0.0115. The highest BCUT2D eigenvalue weighted by Gasteiger charge is 2.27. The van der Waals surface area contributed by atoms with Crippen molar-refractivity contribution in [1.29, 1.82) is 0 Å². The maximum atomic E-state index is 10.3. The summed E-state index contributed by atoms with van der Waals surface area (Å²) in [6.45, 7) is 5.60. The molecule has 1 N–H and O–H groups in total. The summed E-state index contributed by atoms with van der Waals surface area (Å²) < 4.78 is 5.50. The molecule has 0 amide bonds. The summed E-state index contributed by atoms with van der Waals surface area (Å²) in [5.74, 6) is 1.61. The average molecular weight is 425 g/mol. The molecule has 156 valence electrons. The first-order valence-electron chi connectivity index (χ1n) is 10.5. The molecular formula is C23H25ClN4O2. The van der Waals surface area contributed by atoms with Gasteiger partial charge in [-0.15, -0.1) is 0 Å². The number of aromatic nitrogens is 2. The molecule has 0 spiro atoms. The van der Waals surface area contributed by atoms with E-state index in [1.54, 1.807) is 12.1 Å². The van der Waals surface area contributed by atoms with Gasteiger partial charge in [-0.2, -0.15) is 0 Å². The summed E-state index contributed by atoms with van der Waals surface area (Å²) in [5, 5.41) is 12.0. The van der Waals surface area contributed by atoms with Gasteiger partial charge in [0.25, 0.3) is 0 Å². The fourth-order valence-corrected chi connectivity index (χ4v) is 4.66. The minimum absolute atomic E-state index is 0.177. The van der Waals surface area contributed by atoms with E-state index in [1.165, 1.54) is 0 Å². The van der Waals surface area contributed by atoms with Gasteiger partial charge in [-0.25, -0.2) is 9.97 Å². The number of phenols is 1. The van der Waals surface area contributed by atoms with Crippen LogP contribution in [-0.2, 0) is 4.74 Å².